The summed E-state index contributed by atoms with van der Waals surface area (Å²) in [7, 11) is 0. The summed E-state index contributed by atoms with van der Waals surface area (Å²) in [6.07, 6.45) is -13.4. The van der Waals surface area contributed by atoms with Crippen LogP contribution in [0, 0.1) is 0 Å². The zero-order valence-electron chi connectivity index (χ0n) is 24.9. The van der Waals surface area contributed by atoms with Gasteiger partial charge in [-0.3, -0.25) is 0 Å². The Kier molecular flexibility index (Phi) is 20.9. The highest BCUT2D eigenvalue weighted by Gasteiger charge is 2.50. The van der Waals surface area contributed by atoms with Crippen molar-refractivity contribution in [2.45, 2.75) is 61.4 Å². The van der Waals surface area contributed by atoms with Gasteiger partial charge in [0.05, 0.1) is 99.1 Å². The summed E-state index contributed by atoms with van der Waals surface area (Å²) >= 11 is 0. The number of ether oxygens (including phenoxy) is 10. The van der Waals surface area contributed by atoms with Crippen molar-refractivity contribution in [3.63, 3.8) is 0 Å². The Hall–Kier alpha value is -0.940. The minimum atomic E-state index is -1.74. The van der Waals surface area contributed by atoms with Crippen LogP contribution in [-0.4, -0.2) is 196 Å². The molecule has 0 saturated carbocycles. The van der Waals surface area contributed by atoms with Gasteiger partial charge in [0.25, 0.3) is 0 Å². The van der Waals surface area contributed by atoms with Gasteiger partial charge < -0.3 is 83.1 Å². The molecular formula is C27H50O17. The van der Waals surface area contributed by atoms with Crippen molar-refractivity contribution in [1.82, 2.24) is 0 Å². The van der Waals surface area contributed by atoms with E-state index in [-0.39, 0.29) is 19.8 Å². The van der Waals surface area contributed by atoms with E-state index in [0.717, 1.165) is 0 Å². The second-order valence-corrected chi connectivity index (χ2v) is 9.80. The highest BCUT2D eigenvalue weighted by molar-refractivity contribution is 4.94. The molecule has 10 atom stereocenters. The molecular weight excluding hydrogens is 596 g/mol. The lowest BCUT2D eigenvalue weighted by atomic mass is 9.97. The van der Waals surface area contributed by atoms with E-state index in [4.69, 9.17) is 47.4 Å². The van der Waals surface area contributed by atoms with Crippen LogP contribution < -0.4 is 0 Å². The smallest absolute Gasteiger partial charge is 0.187 e. The maximum absolute atomic E-state index is 10.6. The molecule has 0 unspecified atom stereocenters. The fraction of sp³-hybridized carbons (Fsp3) is 0.926. The van der Waals surface area contributed by atoms with Gasteiger partial charge in [-0.25, -0.2) is 0 Å². The molecule has 17 heteroatoms. The van der Waals surface area contributed by atoms with E-state index in [0.29, 0.717) is 66.1 Å². The average molecular weight is 647 g/mol. The van der Waals surface area contributed by atoms with Gasteiger partial charge in [0.15, 0.2) is 12.6 Å². The molecule has 2 fully saturated rings. The number of aliphatic hydroxyl groups is 7. The van der Waals surface area contributed by atoms with E-state index in [1.165, 1.54) is 0 Å². The molecule has 2 aliphatic heterocycles. The van der Waals surface area contributed by atoms with Crippen LogP contribution in [-0.2, 0) is 47.4 Å². The van der Waals surface area contributed by atoms with E-state index in [1.807, 2.05) is 0 Å². The maximum Gasteiger partial charge on any atom is 0.187 e. The fourth-order valence-electron chi connectivity index (χ4n) is 4.18. The molecule has 0 bridgehead atoms. The molecule has 7 N–H and O–H groups in total. The fourth-order valence-corrected chi connectivity index (χ4v) is 4.18. The summed E-state index contributed by atoms with van der Waals surface area (Å²) < 4.78 is 53.9. The van der Waals surface area contributed by atoms with Gasteiger partial charge >= 0.3 is 0 Å². The first-order chi connectivity index (χ1) is 21.3. The summed E-state index contributed by atoms with van der Waals surface area (Å²) in [6.45, 7) is 7.06. The molecule has 2 rings (SSSR count). The maximum atomic E-state index is 10.6. The normalized spacial score (nSPS) is 32.6. The largest absolute Gasteiger partial charge is 0.394 e. The van der Waals surface area contributed by atoms with Crippen molar-refractivity contribution in [1.29, 1.82) is 0 Å². The van der Waals surface area contributed by atoms with Gasteiger partial charge in [-0.1, -0.05) is 6.08 Å². The lowest BCUT2D eigenvalue weighted by molar-refractivity contribution is -0.359. The van der Waals surface area contributed by atoms with E-state index < -0.39 is 74.6 Å². The van der Waals surface area contributed by atoms with E-state index >= 15 is 0 Å². The first-order valence-electron chi connectivity index (χ1n) is 14.6. The summed E-state index contributed by atoms with van der Waals surface area (Å²) in [6, 6.07) is 0. The van der Waals surface area contributed by atoms with Crippen LogP contribution in [0.3, 0.4) is 0 Å². The Morgan fingerprint density at radius 3 is 1.41 bits per heavy atom. The Balaban J connectivity index is 1.50. The molecule has 0 aliphatic carbocycles. The minimum absolute atomic E-state index is 0.0118. The summed E-state index contributed by atoms with van der Waals surface area (Å²) in [5, 5.41) is 70.2. The Morgan fingerprint density at radius 1 is 0.500 bits per heavy atom. The van der Waals surface area contributed by atoms with Gasteiger partial charge in [0.2, 0.25) is 0 Å². The van der Waals surface area contributed by atoms with Crippen LogP contribution >= 0.6 is 0 Å². The number of hydrogen-bond donors (Lipinski definition) is 7. The summed E-state index contributed by atoms with van der Waals surface area (Å²) in [4.78, 5) is 0. The lowest BCUT2D eigenvalue weighted by Gasteiger charge is -2.45. The lowest BCUT2D eigenvalue weighted by Crippen LogP contribution is -2.64. The van der Waals surface area contributed by atoms with Crippen LogP contribution in [0.2, 0.25) is 0 Å². The van der Waals surface area contributed by atoms with Gasteiger partial charge in [0.1, 0.15) is 48.8 Å². The number of aliphatic hydroxyl groups excluding tert-OH is 7. The molecule has 0 spiro atoms. The molecule has 0 aromatic heterocycles. The molecule has 0 aromatic carbocycles. The average Bonchev–Trinajstić information content (AvgIpc) is 3.03. The molecule has 44 heavy (non-hydrogen) atoms. The zero-order chi connectivity index (χ0) is 32.2. The van der Waals surface area contributed by atoms with E-state index in [1.54, 1.807) is 6.08 Å². The van der Waals surface area contributed by atoms with Gasteiger partial charge in [-0.05, 0) is 0 Å². The molecule has 2 heterocycles. The van der Waals surface area contributed by atoms with Crippen molar-refractivity contribution in [2.24, 2.45) is 0 Å². The second kappa shape index (κ2) is 23.4. The van der Waals surface area contributed by atoms with Crippen molar-refractivity contribution >= 4 is 0 Å². The molecule has 260 valence electrons. The van der Waals surface area contributed by atoms with Gasteiger partial charge in [0, 0.05) is 0 Å². The van der Waals surface area contributed by atoms with Gasteiger partial charge in [-0.2, -0.15) is 0 Å². The third kappa shape index (κ3) is 13.8. The summed E-state index contributed by atoms with van der Waals surface area (Å²) in [5.74, 6) is 0. The molecule has 17 nitrogen and oxygen atoms in total. The van der Waals surface area contributed by atoms with E-state index in [2.05, 4.69) is 6.58 Å². The number of rotatable bonds is 25. The van der Waals surface area contributed by atoms with Crippen LogP contribution in [0.1, 0.15) is 0 Å². The van der Waals surface area contributed by atoms with Crippen molar-refractivity contribution < 1.29 is 83.1 Å². The predicted molar refractivity (Wildman–Crippen MR) is 147 cm³/mol. The van der Waals surface area contributed by atoms with Crippen molar-refractivity contribution in [3.8, 4) is 0 Å². The zero-order valence-corrected chi connectivity index (χ0v) is 24.9. The molecule has 0 amide bonds. The van der Waals surface area contributed by atoms with Gasteiger partial charge in [-0.15, -0.1) is 6.58 Å². The second-order valence-electron chi connectivity index (χ2n) is 9.80. The molecule has 2 saturated heterocycles. The van der Waals surface area contributed by atoms with Crippen LogP contribution in [0.4, 0.5) is 0 Å². The highest BCUT2D eigenvalue weighted by Crippen LogP contribution is 2.29. The van der Waals surface area contributed by atoms with Crippen molar-refractivity contribution in [3.05, 3.63) is 12.7 Å². The van der Waals surface area contributed by atoms with Crippen LogP contribution in [0.15, 0.2) is 12.7 Å². The third-order valence-electron chi connectivity index (χ3n) is 6.57. The Bertz CT molecular complexity index is 716. The first-order valence-corrected chi connectivity index (χ1v) is 14.6. The molecule has 0 radical (unpaired) electrons. The molecule has 0 aromatic rings. The van der Waals surface area contributed by atoms with E-state index in [9.17, 15) is 35.7 Å². The van der Waals surface area contributed by atoms with Crippen molar-refractivity contribution in [2.75, 3.05) is 99.1 Å². The van der Waals surface area contributed by atoms with Crippen LogP contribution in [0.5, 0.6) is 0 Å². The number of hydrogen-bond acceptors (Lipinski definition) is 17. The first kappa shape index (κ1) is 39.2. The summed E-state index contributed by atoms with van der Waals surface area (Å²) in [5.41, 5.74) is 0. The molecule has 2 aliphatic rings. The monoisotopic (exact) mass is 646 g/mol. The quantitative estimate of drug-likeness (QED) is 0.0369. The Labute approximate surface area is 256 Å². The SMILES string of the molecule is C=CCOCCOCCOCCOCCOCCOCCO[C@H]1O[C@H](CO)[C@@H](O[C@@H]2O[C@H](CO)[C@H](O)[C@H](O)[C@H]2O)[C@H](O)[C@H]1O. The predicted octanol–water partition coefficient (Wildman–Crippen LogP) is -4.09. The minimum Gasteiger partial charge on any atom is -0.394 e. The highest BCUT2D eigenvalue weighted by atomic mass is 16.7. The topological polar surface area (TPSA) is 234 Å². The Morgan fingerprint density at radius 2 is 0.932 bits per heavy atom. The third-order valence-corrected chi connectivity index (χ3v) is 6.57. The van der Waals surface area contributed by atoms with Crippen LogP contribution in [0.25, 0.3) is 0 Å². The standard InChI is InChI=1S/C27H50O17/c1-2-3-35-4-5-36-6-7-37-8-9-38-10-11-39-12-13-40-14-15-41-26-24(34)22(32)25(19(17-29)43-26)44-27-23(33)21(31)20(30)18(16-28)42-27/h2,18-34H,1,3-17H2/t18-,19-,20+,21+,22-,23-,24-,25-,26+,27+/m1/s1.